The molecule has 2 aromatic carbocycles. The van der Waals surface area contributed by atoms with Gasteiger partial charge in [-0.1, -0.05) is 22.0 Å². The molecule has 6 heteroatoms. The van der Waals surface area contributed by atoms with Crippen molar-refractivity contribution in [3.63, 3.8) is 0 Å². The van der Waals surface area contributed by atoms with Crippen molar-refractivity contribution in [2.45, 2.75) is 6.54 Å². The number of carbonyl (C=O) groups is 1. The summed E-state index contributed by atoms with van der Waals surface area (Å²) in [6.45, 7) is 0.558. The van der Waals surface area contributed by atoms with E-state index in [1.807, 2.05) is 12.1 Å². The number of halogens is 1. The number of hydrogen-bond donors (Lipinski definition) is 2. The lowest BCUT2D eigenvalue weighted by atomic mass is 10.1. The van der Waals surface area contributed by atoms with Gasteiger partial charge in [0, 0.05) is 11.0 Å². The number of rotatable bonds is 3. The number of fused-ring (bicyclic) bond motifs is 1. The lowest BCUT2D eigenvalue weighted by molar-refractivity contribution is 0.0948. The van der Waals surface area contributed by atoms with Crippen LogP contribution in [0.5, 0.6) is 17.2 Å². The maximum absolute atomic E-state index is 12.0. The van der Waals surface area contributed by atoms with Gasteiger partial charge in [0.25, 0.3) is 5.91 Å². The van der Waals surface area contributed by atoms with E-state index in [4.69, 9.17) is 9.47 Å². The molecule has 1 heterocycles. The van der Waals surface area contributed by atoms with Crippen LogP contribution in [0, 0.1) is 0 Å². The average Bonchev–Trinajstić information content (AvgIpc) is 2.92. The molecule has 0 fully saturated rings. The summed E-state index contributed by atoms with van der Waals surface area (Å²) in [5.74, 6) is 0.981. The van der Waals surface area contributed by atoms with Gasteiger partial charge in [0.1, 0.15) is 5.75 Å². The molecular formula is C15H12BrNO4. The fraction of sp³-hybridized carbons (Fsp3) is 0.133. The van der Waals surface area contributed by atoms with E-state index >= 15 is 0 Å². The molecule has 1 aliphatic rings. The van der Waals surface area contributed by atoms with E-state index in [9.17, 15) is 9.90 Å². The Bertz CT molecular complexity index is 702. The predicted molar refractivity (Wildman–Crippen MR) is 79.5 cm³/mol. The van der Waals surface area contributed by atoms with Gasteiger partial charge in [-0.3, -0.25) is 4.79 Å². The molecule has 1 aliphatic heterocycles. The third kappa shape index (κ3) is 2.95. The zero-order valence-corrected chi connectivity index (χ0v) is 12.5. The summed E-state index contributed by atoms with van der Waals surface area (Å²) in [6.07, 6.45) is 0. The molecule has 0 unspecified atom stereocenters. The van der Waals surface area contributed by atoms with Crippen molar-refractivity contribution in [3.8, 4) is 17.2 Å². The SMILES string of the molecule is O=C(NCc1ccc2c(c1)OCO2)c1ccc(Br)cc1O. The molecule has 0 saturated heterocycles. The third-order valence-electron chi connectivity index (χ3n) is 3.09. The molecule has 0 spiro atoms. The second-order valence-corrected chi connectivity index (χ2v) is 5.45. The van der Waals surface area contributed by atoms with Gasteiger partial charge in [-0.25, -0.2) is 0 Å². The smallest absolute Gasteiger partial charge is 0.255 e. The zero-order chi connectivity index (χ0) is 14.8. The number of amides is 1. The van der Waals surface area contributed by atoms with Crippen molar-refractivity contribution < 1.29 is 19.4 Å². The van der Waals surface area contributed by atoms with Crippen LogP contribution in [0.2, 0.25) is 0 Å². The summed E-state index contributed by atoms with van der Waals surface area (Å²) < 4.78 is 11.2. The predicted octanol–water partition coefficient (Wildman–Crippen LogP) is 2.81. The molecule has 0 aliphatic carbocycles. The lowest BCUT2D eigenvalue weighted by Gasteiger charge is -2.08. The standard InChI is InChI=1S/C15H12BrNO4/c16-10-2-3-11(12(18)6-10)15(19)17-7-9-1-4-13-14(5-9)21-8-20-13/h1-6,18H,7-8H2,(H,17,19). The van der Waals surface area contributed by atoms with Gasteiger partial charge in [0.2, 0.25) is 6.79 Å². The molecule has 21 heavy (non-hydrogen) atoms. The van der Waals surface area contributed by atoms with Gasteiger partial charge in [-0.2, -0.15) is 0 Å². The normalized spacial score (nSPS) is 12.2. The molecule has 0 bridgehead atoms. The van der Waals surface area contributed by atoms with Crippen LogP contribution in [0.3, 0.4) is 0 Å². The molecule has 0 aromatic heterocycles. The Kier molecular flexibility index (Phi) is 3.70. The maximum Gasteiger partial charge on any atom is 0.255 e. The second kappa shape index (κ2) is 5.65. The Labute approximate surface area is 129 Å². The van der Waals surface area contributed by atoms with E-state index in [-0.39, 0.29) is 24.0 Å². The van der Waals surface area contributed by atoms with Crippen molar-refractivity contribution in [1.82, 2.24) is 5.32 Å². The van der Waals surface area contributed by atoms with Gasteiger partial charge < -0.3 is 19.9 Å². The van der Waals surface area contributed by atoms with Gasteiger partial charge in [-0.15, -0.1) is 0 Å². The van der Waals surface area contributed by atoms with E-state index in [2.05, 4.69) is 21.2 Å². The number of benzene rings is 2. The van der Waals surface area contributed by atoms with Crippen molar-refractivity contribution >= 4 is 21.8 Å². The van der Waals surface area contributed by atoms with Crippen molar-refractivity contribution in [1.29, 1.82) is 0 Å². The number of ether oxygens (including phenoxy) is 2. The van der Waals surface area contributed by atoms with E-state index in [0.717, 1.165) is 5.56 Å². The van der Waals surface area contributed by atoms with Crippen LogP contribution in [0.4, 0.5) is 0 Å². The number of phenols is 1. The summed E-state index contributed by atoms with van der Waals surface area (Å²) in [7, 11) is 0. The Morgan fingerprint density at radius 1 is 1.19 bits per heavy atom. The Morgan fingerprint density at radius 2 is 2.00 bits per heavy atom. The summed E-state index contributed by atoms with van der Waals surface area (Å²) in [5, 5.41) is 12.5. The highest BCUT2D eigenvalue weighted by Gasteiger charge is 2.14. The van der Waals surface area contributed by atoms with Crippen LogP contribution in [0.15, 0.2) is 40.9 Å². The minimum atomic E-state index is -0.335. The van der Waals surface area contributed by atoms with Crippen LogP contribution < -0.4 is 14.8 Å². The number of carbonyl (C=O) groups excluding carboxylic acids is 1. The van der Waals surface area contributed by atoms with E-state index in [1.165, 1.54) is 6.07 Å². The van der Waals surface area contributed by atoms with Crippen LogP contribution >= 0.6 is 15.9 Å². The number of aromatic hydroxyl groups is 1. The minimum absolute atomic E-state index is 0.0624. The average molecular weight is 350 g/mol. The summed E-state index contributed by atoms with van der Waals surface area (Å²) in [4.78, 5) is 12.0. The first-order chi connectivity index (χ1) is 10.1. The first-order valence-corrected chi connectivity index (χ1v) is 7.08. The molecule has 1 amide bonds. The fourth-order valence-electron chi connectivity index (χ4n) is 2.03. The highest BCUT2D eigenvalue weighted by molar-refractivity contribution is 9.10. The van der Waals surface area contributed by atoms with Crippen LogP contribution in [-0.4, -0.2) is 17.8 Å². The summed E-state index contributed by atoms with van der Waals surface area (Å²) >= 11 is 3.23. The maximum atomic E-state index is 12.0. The monoisotopic (exact) mass is 349 g/mol. The quantitative estimate of drug-likeness (QED) is 0.893. The number of nitrogens with one attached hydrogen (secondary N) is 1. The minimum Gasteiger partial charge on any atom is -0.507 e. The second-order valence-electron chi connectivity index (χ2n) is 4.53. The molecule has 5 nitrogen and oxygen atoms in total. The van der Waals surface area contributed by atoms with Crippen molar-refractivity contribution in [2.24, 2.45) is 0 Å². The molecule has 0 radical (unpaired) electrons. The highest BCUT2D eigenvalue weighted by atomic mass is 79.9. The largest absolute Gasteiger partial charge is 0.507 e. The summed E-state index contributed by atoms with van der Waals surface area (Å²) in [6, 6.07) is 10.2. The van der Waals surface area contributed by atoms with E-state index in [1.54, 1.807) is 18.2 Å². The van der Waals surface area contributed by atoms with Crippen LogP contribution in [-0.2, 0) is 6.54 Å². The van der Waals surface area contributed by atoms with Crippen LogP contribution in [0.25, 0.3) is 0 Å². The van der Waals surface area contributed by atoms with Gasteiger partial charge >= 0.3 is 0 Å². The summed E-state index contributed by atoms with van der Waals surface area (Å²) in [5.41, 5.74) is 1.13. The first-order valence-electron chi connectivity index (χ1n) is 6.29. The van der Waals surface area contributed by atoms with Crippen molar-refractivity contribution in [2.75, 3.05) is 6.79 Å². The molecule has 0 saturated carbocycles. The Hall–Kier alpha value is -2.21. The van der Waals surface area contributed by atoms with Gasteiger partial charge in [-0.05, 0) is 35.9 Å². The molecule has 2 aromatic rings. The van der Waals surface area contributed by atoms with Crippen LogP contribution in [0.1, 0.15) is 15.9 Å². The van der Waals surface area contributed by atoms with Gasteiger partial charge in [0.15, 0.2) is 11.5 Å². The third-order valence-corrected chi connectivity index (χ3v) is 3.59. The molecule has 0 atom stereocenters. The Balaban J connectivity index is 1.68. The topological polar surface area (TPSA) is 67.8 Å². The number of phenolic OH excluding ortho intramolecular Hbond substituents is 1. The molecule has 108 valence electrons. The highest BCUT2D eigenvalue weighted by Crippen LogP contribution is 2.32. The number of hydrogen-bond acceptors (Lipinski definition) is 4. The van der Waals surface area contributed by atoms with E-state index < -0.39 is 0 Å². The first kappa shape index (κ1) is 13.8. The molecular weight excluding hydrogens is 338 g/mol. The molecule has 2 N–H and O–H groups in total. The van der Waals surface area contributed by atoms with E-state index in [0.29, 0.717) is 22.5 Å². The van der Waals surface area contributed by atoms with Gasteiger partial charge in [0.05, 0.1) is 5.56 Å². The zero-order valence-electron chi connectivity index (χ0n) is 10.9. The molecule has 3 rings (SSSR count). The fourth-order valence-corrected chi connectivity index (χ4v) is 2.37. The lowest BCUT2D eigenvalue weighted by Crippen LogP contribution is -2.22. The van der Waals surface area contributed by atoms with Crippen molar-refractivity contribution in [3.05, 3.63) is 52.0 Å². The Morgan fingerprint density at radius 3 is 2.81 bits per heavy atom.